The predicted molar refractivity (Wildman–Crippen MR) is 98.2 cm³/mol. The Morgan fingerprint density at radius 3 is 2.42 bits per heavy atom. The van der Waals surface area contributed by atoms with Gasteiger partial charge < -0.3 is 19.3 Å². The number of piperazine rings is 1. The summed E-state index contributed by atoms with van der Waals surface area (Å²) in [6.45, 7) is 5.85. The molecule has 2 rings (SSSR count). The van der Waals surface area contributed by atoms with E-state index in [1.807, 2.05) is 0 Å². The van der Waals surface area contributed by atoms with Gasteiger partial charge in [0.2, 0.25) is 0 Å². The zero-order valence-corrected chi connectivity index (χ0v) is 15.6. The van der Waals surface area contributed by atoms with Crippen LogP contribution in [0.4, 0.5) is 5.69 Å². The van der Waals surface area contributed by atoms with Crippen molar-refractivity contribution in [1.82, 2.24) is 9.80 Å². The van der Waals surface area contributed by atoms with Crippen molar-refractivity contribution in [1.29, 1.82) is 0 Å². The van der Waals surface area contributed by atoms with Crippen LogP contribution in [0.15, 0.2) is 18.2 Å². The molecule has 1 aliphatic heterocycles. The minimum absolute atomic E-state index is 0. The average molecular weight is 382 g/mol. The molecule has 1 aliphatic rings. The van der Waals surface area contributed by atoms with Gasteiger partial charge in [-0.15, -0.1) is 24.8 Å². The van der Waals surface area contributed by atoms with Crippen molar-refractivity contribution >= 4 is 30.5 Å². The molecule has 1 heterocycles. The summed E-state index contributed by atoms with van der Waals surface area (Å²) in [5, 5.41) is 10.8. The number of hydrogen-bond acceptors (Lipinski definition) is 6. The van der Waals surface area contributed by atoms with Crippen LogP contribution in [-0.2, 0) is 0 Å². The number of benzene rings is 1. The molecule has 0 bridgehead atoms. The fraction of sp³-hybridized carbons (Fsp3) is 0.600. The monoisotopic (exact) mass is 381 g/mol. The van der Waals surface area contributed by atoms with Gasteiger partial charge in [-0.3, -0.25) is 10.1 Å². The van der Waals surface area contributed by atoms with E-state index in [-0.39, 0.29) is 30.5 Å². The number of nitro benzene ring substituents is 1. The van der Waals surface area contributed by atoms with E-state index in [1.54, 1.807) is 6.07 Å². The van der Waals surface area contributed by atoms with Gasteiger partial charge in [-0.25, -0.2) is 0 Å². The van der Waals surface area contributed by atoms with Crippen molar-refractivity contribution < 1.29 is 14.4 Å². The molecule has 1 saturated heterocycles. The van der Waals surface area contributed by atoms with Gasteiger partial charge in [0.05, 0.1) is 24.7 Å². The van der Waals surface area contributed by atoms with Gasteiger partial charge in [-0.2, -0.15) is 0 Å². The van der Waals surface area contributed by atoms with Gasteiger partial charge in [0, 0.05) is 38.8 Å². The molecule has 0 aromatic heterocycles. The number of ether oxygens (including phenoxy) is 2. The smallest absolute Gasteiger partial charge is 0.273 e. The van der Waals surface area contributed by atoms with E-state index in [4.69, 9.17) is 9.47 Å². The van der Waals surface area contributed by atoms with Crippen LogP contribution in [-0.4, -0.2) is 68.2 Å². The van der Waals surface area contributed by atoms with Crippen molar-refractivity contribution in [3.05, 3.63) is 28.3 Å². The lowest BCUT2D eigenvalue weighted by Gasteiger charge is -2.32. The normalized spacial score (nSPS) is 15.1. The van der Waals surface area contributed by atoms with Crippen molar-refractivity contribution in [3.63, 3.8) is 0 Å². The molecule has 9 heteroatoms. The second-order valence-electron chi connectivity index (χ2n) is 5.44. The van der Waals surface area contributed by atoms with Crippen LogP contribution in [0.25, 0.3) is 0 Å². The number of nitro groups is 1. The van der Waals surface area contributed by atoms with Crippen LogP contribution in [0.1, 0.15) is 6.42 Å². The highest BCUT2D eigenvalue weighted by Gasteiger charge is 2.14. The van der Waals surface area contributed by atoms with E-state index in [0.717, 1.165) is 39.1 Å². The summed E-state index contributed by atoms with van der Waals surface area (Å²) in [7, 11) is 3.66. The van der Waals surface area contributed by atoms with E-state index in [1.165, 1.54) is 19.2 Å². The Morgan fingerprint density at radius 1 is 1.17 bits per heavy atom. The van der Waals surface area contributed by atoms with Crippen molar-refractivity contribution in [2.75, 3.05) is 53.5 Å². The number of non-ortho nitro benzene ring substituents is 1. The lowest BCUT2D eigenvalue weighted by Crippen LogP contribution is -2.44. The number of rotatable bonds is 7. The largest absolute Gasteiger partial charge is 0.493 e. The summed E-state index contributed by atoms with van der Waals surface area (Å²) in [5.41, 5.74) is 0.00914. The molecule has 0 amide bonds. The first kappa shape index (κ1) is 22.7. The molecule has 1 aromatic carbocycles. The number of likely N-dealkylation sites (N-methyl/N-ethyl adjacent to an activating group) is 1. The minimum atomic E-state index is -0.434. The molecule has 0 atom stereocenters. The van der Waals surface area contributed by atoms with Gasteiger partial charge in [0.25, 0.3) is 5.69 Å². The molecular weight excluding hydrogens is 357 g/mol. The topological polar surface area (TPSA) is 68.1 Å². The summed E-state index contributed by atoms with van der Waals surface area (Å²) in [6, 6.07) is 4.39. The van der Waals surface area contributed by atoms with Crippen molar-refractivity contribution in [3.8, 4) is 11.5 Å². The van der Waals surface area contributed by atoms with Crippen LogP contribution in [0, 0.1) is 10.1 Å². The van der Waals surface area contributed by atoms with Gasteiger partial charge in [0.15, 0.2) is 11.5 Å². The maximum absolute atomic E-state index is 10.8. The third-order valence-electron chi connectivity index (χ3n) is 3.83. The van der Waals surface area contributed by atoms with Gasteiger partial charge in [-0.1, -0.05) is 0 Å². The van der Waals surface area contributed by atoms with Crippen LogP contribution < -0.4 is 9.47 Å². The van der Waals surface area contributed by atoms with Gasteiger partial charge in [0.1, 0.15) is 0 Å². The Labute approximate surface area is 154 Å². The fourth-order valence-electron chi connectivity index (χ4n) is 2.43. The Morgan fingerprint density at radius 2 is 1.83 bits per heavy atom. The SMILES string of the molecule is COc1ccc([N+](=O)[O-])cc1OCCCN1CCN(C)CC1.Cl.Cl. The molecule has 1 aromatic rings. The van der Waals surface area contributed by atoms with E-state index in [9.17, 15) is 10.1 Å². The average Bonchev–Trinajstić information content (AvgIpc) is 2.53. The Hall–Kier alpha value is -1.28. The van der Waals surface area contributed by atoms with E-state index < -0.39 is 4.92 Å². The van der Waals surface area contributed by atoms with Crippen molar-refractivity contribution in [2.24, 2.45) is 0 Å². The summed E-state index contributed by atoms with van der Waals surface area (Å²) >= 11 is 0. The van der Waals surface area contributed by atoms with Gasteiger partial charge >= 0.3 is 0 Å². The number of nitrogens with zero attached hydrogens (tertiary/aromatic N) is 3. The minimum Gasteiger partial charge on any atom is -0.493 e. The first-order valence-electron chi connectivity index (χ1n) is 7.46. The Balaban J connectivity index is 0.00000264. The molecule has 0 unspecified atom stereocenters. The van der Waals surface area contributed by atoms with Crippen LogP contribution >= 0.6 is 24.8 Å². The first-order chi connectivity index (χ1) is 10.6. The number of hydrogen-bond donors (Lipinski definition) is 0. The number of methoxy groups -OCH3 is 1. The third-order valence-corrected chi connectivity index (χ3v) is 3.83. The predicted octanol–water partition coefficient (Wildman–Crippen LogP) is 2.46. The van der Waals surface area contributed by atoms with Crippen LogP contribution in [0.3, 0.4) is 0 Å². The first-order valence-corrected chi connectivity index (χ1v) is 7.46. The van der Waals surface area contributed by atoms with E-state index >= 15 is 0 Å². The number of halogens is 2. The summed E-state index contributed by atoms with van der Waals surface area (Å²) in [5.74, 6) is 0.945. The molecule has 0 N–H and O–H groups in total. The highest BCUT2D eigenvalue weighted by Crippen LogP contribution is 2.31. The van der Waals surface area contributed by atoms with E-state index in [0.29, 0.717) is 18.1 Å². The Bertz CT molecular complexity index is 511. The molecule has 0 aliphatic carbocycles. The van der Waals surface area contributed by atoms with Crippen molar-refractivity contribution in [2.45, 2.75) is 6.42 Å². The standard InChI is InChI=1S/C15H23N3O4.2ClH/c1-16-7-9-17(10-8-16)6-3-11-22-15-12-13(18(19)20)4-5-14(15)21-2;;/h4-5,12H,3,6-11H2,1-2H3;2*1H. The summed E-state index contributed by atoms with van der Waals surface area (Å²) in [6.07, 6.45) is 0.884. The lowest BCUT2D eigenvalue weighted by molar-refractivity contribution is -0.385. The maximum atomic E-state index is 10.8. The molecule has 24 heavy (non-hydrogen) atoms. The highest BCUT2D eigenvalue weighted by molar-refractivity contribution is 5.85. The molecule has 1 fully saturated rings. The second kappa shape index (κ2) is 11.3. The summed E-state index contributed by atoms with van der Waals surface area (Å²) in [4.78, 5) is 15.1. The second-order valence-corrected chi connectivity index (χ2v) is 5.44. The van der Waals surface area contributed by atoms with Gasteiger partial charge in [-0.05, 0) is 19.5 Å². The highest BCUT2D eigenvalue weighted by atomic mass is 35.5. The third kappa shape index (κ3) is 6.68. The Kier molecular flexibility index (Phi) is 10.7. The molecule has 138 valence electrons. The fourth-order valence-corrected chi connectivity index (χ4v) is 2.43. The molecular formula is C15H25Cl2N3O4. The van der Waals surface area contributed by atoms with Crippen LogP contribution in [0.5, 0.6) is 11.5 Å². The zero-order valence-electron chi connectivity index (χ0n) is 14.0. The lowest BCUT2D eigenvalue weighted by atomic mass is 10.2. The maximum Gasteiger partial charge on any atom is 0.273 e. The molecule has 0 radical (unpaired) electrons. The molecule has 7 nitrogen and oxygen atoms in total. The summed E-state index contributed by atoms with van der Waals surface area (Å²) < 4.78 is 10.8. The molecule has 0 saturated carbocycles. The van der Waals surface area contributed by atoms with E-state index in [2.05, 4.69) is 16.8 Å². The zero-order chi connectivity index (χ0) is 15.9. The quantitative estimate of drug-likeness (QED) is 0.410. The molecule has 0 spiro atoms. The van der Waals surface area contributed by atoms with Crippen LogP contribution in [0.2, 0.25) is 0 Å².